The van der Waals surface area contributed by atoms with Gasteiger partial charge in [-0.15, -0.1) is 0 Å². The summed E-state index contributed by atoms with van der Waals surface area (Å²) >= 11 is 0.699. The van der Waals surface area contributed by atoms with Gasteiger partial charge in [0, 0.05) is 18.8 Å². The molecule has 0 aliphatic heterocycles. The number of rotatable bonds is 8. The molecule has 0 unspecified atom stereocenters. The van der Waals surface area contributed by atoms with Gasteiger partial charge in [-0.2, -0.15) is 0 Å². The summed E-state index contributed by atoms with van der Waals surface area (Å²) in [5.41, 5.74) is 0.373. The Morgan fingerprint density at radius 3 is 2.50 bits per heavy atom. The van der Waals surface area contributed by atoms with Gasteiger partial charge < -0.3 is 10.1 Å². The first-order valence-electron chi connectivity index (χ1n) is 5.77. The lowest BCUT2D eigenvalue weighted by Crippen LogP contribution is -2.24. The van der Waals surface area contributed by atoms with Crippen LogP contribution in [-0.2, 0) is 10.0 Å². The monoisotopic (exact) mass is 294 g/mol. The molecule has 0 saturated heterocycles. The maximum Gasteiger partial charge on any atom is 0.305 e. The summed E-state index contributed by atoms with van der Waals surface area (Å²) in [4.78, 5) is 13.1. The average molecular weight is 294 g/mol. The topological polar surface area (TPSA) is 99.3 Å². The number of aromatic amines is 1. The van der Waals surface area contributed by atoms with E-state index in [1.165, 1.54) is 0 Å². The highest BCUT2D eigenvalue weighted by Crippen LogP contribution is 2.15. The summed E-state index contributed by atoms with van der Waals surface area (Å²) in [5.74, 6) is 0. The van der Waals surface area contributed by atoms with Crippen LogP contribution in [0.2, 0.25) is 0 Å². The quantitative estimate of drug-likeness (QED) is 0.611. The zero-order valence-corrected chi connectivity index (χ0v) is 11.9. The number of hydrogen-bond donors (Lipinski definition) is 3. The lowest BCUT2D eigenvalue weighted by molar-refractivity contribution is 0.282. The minimum Gasteiger partial charge on any atom is -0.396 e. The molecule has 18 heavy (non-hydrogen) atoms. The van der Waals surface area contributed by atoms with Crippen molar-refractivity contribution in [3.63, 3.8) is 0 Å². The number of aromatic nitrogens is 1. The van der Waals surface area contributed by atoms with Crippen molar-refractivity contribution < 1.29 is 13.5 Å². The van der Waals surface area contributed by atoms with Gasteiger partial charge in [-0.25, -0.2) is 13.1 Å². The number of aryl methyl sites for hydroxylation is 1. The Bertz CT molecular complexity index is 518. The Morgan fingerprint density at radius 2 is 1.94 bits per heavy atom. The molecule has 0 aliphatic carbocycles. The van der Waals surface area contributed by atoms with Gasteiger partial charge in [0.15, 0.2) is 4.21 Å². The minimum absolute atomic E-state index is 0.0582. The third kappa shape index (κ3) is 4.52. The predicted octanol–water partition coefficient (Wildman–Crippen LogP) is 0.576. The smallest absolute Gasteiger partial charge is 0.305 e. The molecule has 0 fully saturated rings. The zero-order chi connectivity index (χ0) is 13.6. The Balaban J connectivity index is 2.46. The number of aliphatic hydroxyl groups is 1. The standard InChI is InChI=1S/C10H18N2O4S2/c1-8-9(17-10(14)12-8)18(15,16)11-6-4-2-3-5-7-13/h11,13H,2-7H2,1H3,(H,12,14). The van der Waals surface area contributed by atoms with E-state index in [2.05, 4.69) is 9.71 Å². The Kier molecular flexibility index (Phi) is 6.00. The van der Waals surface area contributed by atoms with Crippen LogP contribution in [0.15, 0.2) is 9.00 Å². The molecule has 0 aromatic carbocycles. The van der Waals surface area contributed by atoms with E-state index in [0.717, 1.165) is 25.7 Å². The molecule has 1 aromatic rings. The van der Waals surface area contributed by atoms with Crippen LogP contribution in [0.5, 0.6) is 0 Å². The van der Waals surface area contributed by atoms with Crippen LogP contribution >= 0.6 is 11.3 Å². The van der Waals surface area contributed by atoms with E-state index in [4.69, 9.17) is 5.11 Å². The highest BCUT2D eigenvalue weighted by Gasteiger charge is 2.19. The van der Waals surface area contributed by atoms with Gasteiger partial charge in [-0.1, -0.05) is 24.2 Å². The molecule has 0 spiro atoms. The highest BCUT2D eigenvalue weighted by molar-refractivity contribution is 7.91. The van der Waals surface area contributed by atoms with Crippen molar-refractivity contribution in [3.05, 3.63) is 15.4 Å². The molecule has 0 saturated carbocycles. The molecule has 0 bridgehead atoms. The van der Waals surface area contributed by atoms with Gasteiger partial charge in [0.25, 0.3) is 10.0 Å². The summed E-state index contributed by atoms with van der Waals surface area (Å²) < 4.78 is 26.2. The average Bonchev–Trinajstić information content (AvgIpc) is 2.63. The first kappa shape index (κ1) is 15.4. The Morgan fingerprint density at radius 1 is 1.28 bits per heavy atom. The van der Waals surface area contributed by atoms with E-state index in [-0.39, 0.29) is 15.7 Å². The van der Waals surface area contributed by atoms with E-state index in [9.17, 15) is 13.2 Å². The summed E-state index contributed by atoms with van der Waals surface area (Å²) in [6.07, 6.45) is 3.21. The van der Waals surface area contributed by atoms with E-state index < -0.39 is 10.0 Å². The van der Waals surface area contributed by atoms with Crippen molar-refractivity contribution in [3.8, 4) is 0 Å². The fourth-order valence-corrected chi connectivity index (χ4v) is 3.93. The van der Waals surface area contributed by atoms with Crippen LogP contribution < -0.4 is 9.60 Å². The lowest BCUT2D eigenvalue weighted by Gasteiger charge is -2.05. The zero-order valence-electron chi connectivity index (χ0n) is 10.2. The third-order valence-corrected chi connectivity index (χ3v) is 5.47. The second kappa shape index (κ2) is 7.03. The third-order valence-electron chi connectivity index (χ3n) is 2.40. The fraction of sp³-hybridized carbons (Fsp3) is 0.700. The second-order valence-electron chi connectivity index (χ2n) is 3.96. The van der Waals surface area contributed by atoms with Gasteiger partial charge in [0.1, 0.15) is 0 Å². The van der Waals surface area contributed by atoms with E-state index >= 15 is 0 Å². The summed E-state index contributed by atoms with van der Waals surface area (Å²) in [6, 6.07) is 0. The van der Waals surface area contributed by atoms with E-state index in [0.29, 0.717) is 23.6 Å². The molecule has 8 heteroatoms. The van der Waals surface area contributed by atoms with E-state index in [1.807, 2.05) is 0 Å². The molecule has 1 rings (SSSR count). The number of H-pyrrole nitrogens is 1. The van der Waals surface area contributed by atoms with Crippen molar-refractivity contribution in [1.29, 1.82) is 0 Å². The highest BCUT2D eigenvalue weighted by atomic mass is 32.2. The van der Waals surface area contributed by atoms with Crippen LogP contribution in [0.3, 0.4) is 0 Å². The SMILES string of the molecule is Cc1[nH]c(=O)sc1S(=O)(=O)NCCCCCCO. The van der Waals surface area contributed by atoms with Crippen LogP contribution in [0, 0.1) is 6.92 Å². The molecular weight excluding hydrogens is 276 g/mol. The van der Waals surface area contributed by atoms with Crippen molar-refractivity contribution in [2.45, 2.75) is 36.8 Å². The number of unbranched alkanes of at least 4 members (excludes halogenated alkanes) is 3. The molecule has 0 aliphatic rings. The van der Waals surface area contributed by atoms with E-state index in [1.54, 1.807) is 6.92 Å². The van der Waals surface area contributed by atoms with Crippen LogP contribution in [0.4, 0.5) is 0 Å². The van der Waals surface area contributed by atoms with Crippen LogP contribution in [0.25, 0.3) is 0 Å². The number of thiazole rings is 1. The molecule has 0 amide bonds. The Labute approximate surface area is 110 Å². The molecule has 0 radical (unpaired) electrons. The normalized spacial score (nSPS) is 11.9. The fourth-order valence-electron chi connectivity index (χ4n) is 1.51. The molecular formula is C10H18N2O4S2. The van der Waals surface area contributed by atoms with Crippen molar-refractivity contribution in [1.82, 2.24) is 9.71 Å². The van der Waals surface area contributed by atoms with Gasteiger partial charge in [0.2, 0.25) is 0 Å². The Hall–Kier alpha value is -0.700. The molecule has 6 nitrogen and oxygen atoms in total. The molecule has 3 N–H and O–H groups in total. The first-order chi connectivity index (χ1) is 8.47. The maximum absolute atomic E-state index is 11.9. The van der Waals surface area contributed by atoms with Crippen LogP contribution in [0.1, 0.15) is 31.4 Å². The number of sulfonamides is 1. The molecule has 0 atom stereocenters. The van der Waals surface area contributed by atoms with Gasteiger partial charge in [-0.3, -0.25) is 4.79 Å². The maximum atomic E-state index is 11.9. The molecule has 1 aromatic heterocycles. The molecule has 1 heterocycles. The summed E-state index contributed by atoms with van der Waals surface area (Å²) in [6.45, 7) is 2.08. The van der Waals surface area contributed by atoms with Crippen molar-refractivity contribution in [2.75, 3.05) is 13.2 Å². The first-order valence-corrected chi connectivity index (χ1v) is 8.07. The van der Waals surface area contributed by atoms with Crippen molar-refractivity contribution >= 4 is 21.4 Å². The van der Waals surface area contributed by atoms with Crippen molar-refractivity contribution in [2.24, 2.45) is 0 Å². The summed E-state index contributed by atoms with van der Waals surface area (Å²) in [7, 11) is -3.57. The minimum atomic E-state index is -3.57. The van der Waals surface area contributed by atoms with Gasteiger partial charge in [-0.05, 0) is 19.8 Å². The predicted molar refractivity (Wildman–Crippen MR) is 70.4 cm³/mol. The largest absolute Gasteiger partial charge is 0.396 e. The van der Waals surface area contributed by atoms with Gasteiger partial charge in [0.05, 0.1) is 0 Å². The lowest BCUT2D eigenvalue weighted by atomic mass is 10.2. The number of nitrogens with one attached hydrogen (secondary N) is 2. The number of aliphatic hydroxyl groups excluding tert-OH is 1. The van der Waals surface area contributed by atoms with Gasteiger partial charge >= 0.3 is 4.87 Å². The summed E-state index contributed by atoms with van der Waals surface area (Å²) in [5, 5.41) is 8.59. The molecule has 104 valence electrons. The van der Waals surface area contributed by atoms with Crippen LogP contribution in [-0.4, -0.2) is 31.7 Å². The number of hydrogen-bond acceptors (Lipinski definition) is 5. The second-order valence-corrected chi connectivity index (χ2v) is 6.91.